The van der Waals surface area contributed by atoms with Crippen LogP contribution in [0.4, 0.5) is 0 Å². The lowest BCUT2D eigenvalue weighted by Crippen LogP contribution is -2.32. The van der Waals surface area contributed by atoms with Crippen molar-refractivity contribution in [1.29, 1.82) is 0 Å². The van der Waals surface area contributed by atoms with Crippen LogP contribution in [0.1, 0.15) is 32.6 Å². The van der Waals surface area contributed by atoms with Crippen molar-refractivity contribution in [2.75, 3.05) is 18.8 Å². The second-order valence-corrected chi connectivity index (χ2v) is 6.79. The van der Waals surface area contributed by atoms with Gasteiger partial charge in [-0.1, -0.05) is 18.7 Å². The first-order chi connectivity index (χ1) is 7.83. The van der Waals surface area contributed by atoms with Gasteiger partial charge in [0.1, 0.15) is 0 Å². The predicted octanol–water partition coefficient (Wildman–Crippen LogP) is 2.75. The molecule has 0 spiro atoms. The molecule has 3 aliphatic rings. The molecule has 0 aromatic carbocycles. The van der Waals surface area contributed by atoms with Crippen molar-refractivity contribution in [3.63, 3.8) is 0 Å². The van der Waals surface area contributed by atoms with E-state index in [1.165, 1.54) is 43.1 Å². The number of amidine groups is 1. The number of nitrogens with one attached hydrogen (secondary N) is 1. The summed E-state index contributed by atoms with van der Waals surface area (Å²) >= 11 is 1.92. The molecule has 0 bridgehead atoms. The number of nitrogens with zero attached hydrogens (tertiary/aromatic N) is 1. The Hall–Kier alpha value is -0.180. The van der Waals surface area contributed by atoms with Crippen molar-refractivity contribution in [3.05, 3.63) is 0 Å². The van der Waals surface area contributed by atoms with Crippen LogP contribution >= 0.6 is 11.8 Å². The van der Waals surface area contributed by atoms with Crippen LogP contribution in [0.5, 0.6) is 0 Å². The molecule has 1 atom stereocenters. The summed E-state index contributed by atoms with van der Waals surface area (Å²) in [5, 5.41) is 4.81. The van der Waals surface area contributed by atoms with Crippen molar-refractivity contribution in [1.82, 2.24) is 5.32 Å². The third kappa shape index (κ3) is 2.73. The molecule has 3 rings (SSSR count). The van der Waals surface area contributed by atoms with Crippen molar-refractivity contribution in [2.45, 2.75) is 32.6 Å². The Morgan fingerprint density at radius 3 is 2.50 bits per heavy atom. The van der Waals surface area contributed by atoms with Gasteiger partial charge < -0.3 is 5.32 Å². The summed E-state index contributed by atoms with van der Waals surface area (Å²) in [5.41, 5.74) is 0. The van der Waals surface area contributed by atoms with Crippen LogP contribution in [-0.2, 0) is 0 Å². The highest BCUT2D eigenvalue weighted by atomic mass is 32.2. The van der Waals surface area contributed by atoms with E-state index in [9.17, 15) is 0 Å². The highest BCUT2D eigenvalue weighted by Gasteiger charge is 2.41. The first-order valence-electron chi connectivity index (χ1n) is 6.74. The molecular formula is C13H22N2S. The van der Waals surface area contributed by atoms with Crippen LogP contribution in [0, 0.1) is 23.7 Å². The second kappa shape index (κ2) is 4.59. The molecule has 3 heteroatoms. The molecule has 0 saturated heterocycles. The predicted molar refractivity (Wildman–Crippen MR) is 70.9 cm³/mol. The van der Waals surface area contributed by atoms with Gasteiger partial charge in [-0.25, -0.2) is 0 Å². The molecule has 1 heterocycles. The van der Waals surface area contributed by atoms with Gasteiger partial charge in [0.2, 0.25) is 0 Å². The summed E-state index contributed by atoms with van der Waals surface area (Å²) in [7, 11) is 0. The zero-order chi connectivity index (χ0) is 11.0. The molecule has 0 aromatic rings. The molecule has 16 heavy (non-hydrogen) atoms. The molecule has 2 nitrogen and oxygen atoms in total. The van der Waals surface area contributed by atoms with Gasteiger partial charge in [-0.2, -0.15) is 0 Å². The molecule has 2 saturated carbocycles. The molecule has 1 aliphatic heterocycles. The van der Waals surface area contributed by atoms with E-state index in [1.54, 1.807) is 0 Å². The molecular weight excluding hydrogens is 216 g/mol. The Balaban J connectivity index is 1.47. The zero-order valence-electron chi connectivity index (χ0n) is 10.1. The number of thioether (sulfide) groups is 1. The molecule has 2 aliphatic carbocycles. The Kier molecular flexibility index (Phi) is 3.14. The van der Waals surface area contributed by atoms with E-state index in [2.05, 4.69) is 17.2 Å². The monoisotopic (exact) mass is 238 g/mol. The van der Waals surface area contributed by atoms with Crippen molar-refractivity contribution >= 4 is 16.9 Å². The van der Waals surface area contributed by atoms with E-state index >= 15 is 0 Å². The molecule has 1 N–H and O–H groups in total. The summed E-state index contributed by atoms with van der Waals surface area (Å²) in [4.78, 5) is 4.61. The molecule has 0 radical (unpaired) electrons. The highest BCUT2D eigenvalue weighted by molar-refractivity contribution is 8.13. The largest absolute Gasteiger partial charge is 0.365 e. The quantitative estimate of drug-likeness (QED) is 0.814. The maximum Gasteiger partial charge on any atom is 0.156 e. The van der Waals surface area contributed by atoms with E-state index in [0.717, 1.165) is 30.2 Å². The SMILES string of the molecule is CC1CN=C(NCC(C2CC2)C2CC2)SC1. The number of hydrogen-bond donors (Lipinski definition) is 1. The van der Waals surface area contributed by atoms with E-state index in [4.69, 9.17) is 0 Å². The van der Waals surface area contributed by atoms with E-state index in [-0.39, 0.29) is 0 Å². The average Bonchev–Trinajstić information content (AvgIpc) is 3.15. The minimum absolute atomic E-state index is 0.762. The smallest absolute Gasteiger partial charge is 0.156 e. The maximum absolute atomic E-state index is 4.61. The minimum Gasteiger partial charge on any atom is -0.365 e. The number of rotatable bonds is 4. The Morgan fingerprint density at radius 2 is 2.00 bits per heavy atom. The van der Waals surface area contributed by atoms with Crippen LogP contribution < -0.4 is 5.32 Å². The van der Waals surface area contributed by atoms with Gasteiger partial charge >= 0.3 is 0 Å². The zero-order valence-corrected chi connectivity index (χ0v) is 10.9. The standard InChI is InChI=1S/C13H22N2S/c1-9-6-14-13(16-8-9)15-7-12(10-2-3-10)11-4-5-11/h9-12H,2-8H2,1H3,(H,14,15). The summed E-state index contributed by atoms with van der Waals surface area (Å²) < 4.78 is 0. The second-order valence-electron chi connectivity index (χ2n) is 5.78. The van der Waals surface area contributed by atoms with Crippen molar-refractivity contribution in [3.8, 4) is 0 Å². The first kappa shape index (κ1) is 10.9. The van der Waals surface area contributed by atoms with Crippen LogP contribution in [0.3, 0.4) is 0 Å². The Labute approximate surface area is 103 Å². The fraction of sp³-hybridized carbons (Fsp3) is 0.923. The molecule has 0 amide bonds. The van der Waals surface area contributed by atoms with Crippen LogP contribution in [0.15, 0.2) is 4.99 Å². The van der Waals surface area contributed by atoms with E-state index < -0.39 is 0 Å². The molecule has 0 aromatic heterocycles. The lowest BCUT2D eigenvalue weighted by Gasteiger charge is -2.21. The fourth-order valence-corrected chi connectivity index (χ4v) is 3.54. The Bertz CT molecular complexity index is 270. The summed E-state index contributed by atoms with van der Waals surface area (Å²) in [5.74, 6) is 5.06. The average molecular weight is 238 g/mol. The number of hydrogen-bond acceptors (Lipinski definition) is 3. The maximum atomic E-state index is 4.61. The normalized spacial score (nSPS) is 30.4. The molecule has 1 unspecified atom stereocenters. The minimum atomic E-state index is 0.762. The third-order valence-electron chi connectivity index (χ3n) is 4.00. The highest BCUT2D eigenvalue weighted by Crippen LogP contribution is 2.48. The van der Waals surface area contributed by atoms with Crippen molar-refractivity contribution < 1.29 is 0 Å². The topological polar surface area (TPSA) is 24.4 Å². The molecule has 2 fully saturated rings. The van der Waals surface area contributed by atoms with E-state index in [1.807, 2.05) is 11.8 Å². The van der Waals surface area contributed by atoms with Crippen LogP contribution in [0.25, 0.3) is 0 Å². The molecule has 90 valence electrons. The van der Waals surface area contributed by atoms with Gasteiger partial charge in [-0.05, 0) is 49.4 Å². The van der Waals surface area contributed by atoms with Crippen molar-refractivity contribution in [2.24, 2.45) is 28.7 Å². The fourth-order valence-electron chi connectivity index (χ4n) is 2.64. The number of aliphatic imine (C=N–C) groups is 1. The van der Waals surface area contributed by atoms with Gasteiger partial charge in [0.15, 0.2) is 5.17 Å². The Morgan fingerprint density at radius 1 is 1.31 bits per heavy atom. The summed E-state index contributed by atoms with van der Waals surface area (Å²) in [6.45, 7) is 4.49. The van der Waals surface area contributed by atoms with Gasteiger partial charge in [-0.3, -0.25) is 4.99 Å². The first-order valence-corrected chi connectivity index (χ1v) is 7.72. The third-order valence-corrected chi connectivity index (χ3v) is 5.28. The summed E-state index contributed by atoms with van der Waals surface area (Å²) in [6.07, 6.45) is 5.94. The van der Waals surface area contributed by atoms with Crippen LogP contribution in [0.2, 0.25) is 0 Å². The van der Waals surface area contributed by atoms with Gasteiger partial charge in [0.25, 0.3) is 0 Å². The van der Waals surface area contributed by atoms with Gasteiger partial charge in [0, 0.05) is 18.8 Å². The van der Waals surface area contributed by atoms with Crippen LogP contribution in [-0.4, -0.2) is 24.0 Å². The lowest BCUT2D eigenvalue weighted by molar-refractivity contribution is 0.402. The summed E-state index contributed by atoms with van der Waals surface area (Å²) in [6, 6.07) is 0. The van der Waals surface area contributed by atoms with Gasteiger partial charge in [0.05, 0.1) is 0 Å². The lowest BCUT2D eigenvalue weighted by atomic mass is 9.98. The van der Waals surface area contributed by atoms with Gasteiger partial charge in [-0.15, -0.1) is 0 Å². The van der Waals surface area contributed by atoms with E-state index in [0.29, 0.717) is 0 Å².